The van der Waals surface area contributed by atoms with Gasteiger partial charge in [0, 0.05) is 36.7 Å². The number of nitrogens with zero attached hydrogens (tertiary/aromatic N) is 2. The number of nitrogens with one attached hydrogen (secondary N) is 1. The van der Waals surface area contributed by atoms with E-state index in [1.54, 1.807) is 7.11 Å². The second-order valence-corrected chi connectivity index (χ2v) is 9.75. The normalized spacial score (nSPS) is 15.1. The minimum Gasteiger partial charge on any atom is -0.496 e. The second kappa shape index (κ2) is 10.8. The standard InChI is InChI=1S/C27H31N3O3S/c1-18(25(31)28-17-22-11-7-8-12-23(22)33-3)20-13-15-30(16-14-20)27(32)24-19(2)29-26(34-24)21-9-5-4-6-10-21/h4-12,18,20H,13-17H2,1-3H3,(H,28,31)/t18-/m0/s1. The number of thiazole rings is 1. The van der Waals surface area contributed by atoms with E-state index in [0.717, 1.165) is 40.4 Å². The molecule has 0 bridgehead atoms. The van der Waals surface area contributed by atoms with E-state index in [1.807, 2.05) is 73.3 Å². The second-order valence-electron chi connectivity index (χ2n) is 8.75. The van der Waals surface area contributed by atoms with E-state index in [1.165, 1.54) is 11.3 Å². The number of carbonyl (C=O) groups excluding carboxylic acids is 2. The summed E-state index contributed by atoms with van der Waals surface area (Å²) in [6.07, 6.45) is 1.64. The van der Waals surface area contributed by atoms with Crippen molar-refractivity contribution in [1.82, 2.24) is 15.2 Å². The van der Waals surface area contributed by atoms with Crippen molar-refractivity contribution in [3.05, 3.63) is 70.7 Å². The van der Waals surface area contributed by atoms with Crippen LogP contribution < -0.4 is 10.1 Å². The van der Waals surface area contributed by atoms with Crippen molar-refractivity contribution in [2.45, 2.75) is 33.2 Å². The van der Waals surface area contributed by atoms with Gasteiger partial charge in [-0.1, -0.05) is 55.5 Å². The first kappa shape index (κ1) is 24.0. The fourth-order valence-electron chi connectivity index (χ4n) is 4.45. The van der Waals surface area contributed by atoms with Crippen molar-refractivity contribution < 1.29 is 14.3 Å². The maximum absolute atomic E-state index is 13.2. The van der Waals surface area contributed by atoms with Crippen LogP contribution in [0.2, 0.25) is 0 Å². The Morgan fingerprint density at radius 2 is 1.79 bits per heavy atom. The number of para-hydroxylation sites is 1. The Bertz CT molecular complexity index is 1140. The first-order chi connectivity index (χ1) is 16.5. The molecule has 4 rings (SSSR count). The number of aryl methyl sites for hydroxylation is 1. The van der Waals surface area contributed by atoms with Gasteiger partial charge in [0.15, 0.2) is 0 Å². The van der Waals surface area contributed by atoms with E-state index >= 15 is 0 Å². The Kier molecular flexibility index (Phi) is 7.63. The number of aromatic nitrogens is 1. The number of benzene rings is 2. The van der Waals surface area contributed by atoms with Crippen LogP contribution in [0.3, 0.4) is 0 Å². The molecule has 0 radical (unpaired) electrons. The van der Waals surface area contributed by atoms with Crippen LogP contribution in [-0.2, 0) is 11.3 Å². The van der Waals surface area contributed by atoms with Crippen molar-refractivity contribution in [2.24, 2.45) is 11.8 Å². The summed E-state index contributed by atoms with van der Waals surface area (Å²) in [5.74, 6) is 1.01. The van der Waals surface area contributed by atoms with Crippen molar-refractivity contribution in [2.75, 3.05) is 20.2 Å². The number of carbonyl (C=O) groups is 2. The van der Waals surface area contributed by atoms with E-state index in [0.29, 0.717) is 24.5 Å². The minimum atomic E-state index is -0.109. The number of hydrogen-bond acceptors (Lipinski definition) is 5. The molecule has 1 atom stereocenters. The van der Waals surface area contributed by atoms with E-state index < -0.39 is 0 Å². The van der Waals surface area contributed by atoms with Crippen molar-refractivity contribution >= 4 is 23.2 Å². The predicted octanol–water partition coefficient (Wildman–Crippen LogP) is 4.93. The summed E-state index contributed by atoms with van der Waals surface area (Å²) in [4.78, 5) is 33.2. The molecule has 1 fully saturated rings. The van der Waals surface area contributed by atoms with E-state index in [9.17, 15) is 9.59 Å². The SMILES string of the molecule is COc1ccccc1CNC(=O)[C@@H](C)C1CCN(C(=O)c2sc(-c3ccccc3)nc2C)CC1. The van der Waals surface area contributed by atoms with Crippen LogP contribution in [0.25, 0.3) is 10.6 Å². The summed E-state index contributed by atoms with van der Waals surface area (Å²) < 4.78 is 5.37. The van der Waals surface area contributed by atoms with Crippen LogP contribution in [0.4, 0.5) is 0 Å². The molecule has 0 unspecified atom stereocenters. The summed E-state index contributed by atoms with van der Waals surface area (Å²) in [6, 6.07) is 17.7. The molecule has 1 aromatic heterocycles. The Labute approximate surface area is 205 Å². The van der Waals surface area contributed by atoms with Gasteiger partial charge in [-0.25, -0.2) is 4.98 Å². The van der Waals surface area contributed by atoms with Crippen LogP contribution in [0, 0.1) is 18.8 Å². The number of rotatable bonds is 7. The van der Waals surface area contributed by atoms with Gasteiger partial charge in [0.1, 0.15) is 15.6 Å². The Balaban J connectivity index is 1.32. The maximum Gasteiger partial charge on any atom is 0.265 e. The quantitative estimate of drug-likeness (QED) is 0.524. The highest BCUT2D eigenvalue weighted by atomic mass is 32.1. The van der Waals surface area contributed by atoms with Gasteiger partial charge >= 0.3 is 0 Å². The zero-order valence-electron chi connectivity index (χ0n) is 19.9. The molecule has 178 valence electrons. The van der Waals surface area contributed by atoms with Crippen LogP contribution in [-0.4, -0.2) is 41.9 Å². The molecule has 2 aromatic carbocycles. The number of hydrogen-bond donors (Lipinski definition) is 1. The monoisotopic (exact) mass is 477 g/mol. The van der Waals surface area contributed by atoms with Crippen LogP contribution >= 0.6 is 11.3 Å². The molecule has 1 saturated heterocycles. The van der Waals surface area contributed by atoms with Crippen LogP contribution in [0.5, 0.6) is 5.75 Å². The molecule has 1 N–H and O–H groups in total. The molecule has 2 heterocycles. The third-order valence-corrected chi connectivity index (χ3v) is 7.80. The molecule has 0 saturated carbocycles. The topological polar surface area (TPSA) is 71.5 Å². The molecule has 0 aliphatic carbocycles. The summed E-state index contributed by atoms with van der Waals surface area (Å²) >= 11 is 1.46. The molecule has 34 heavy (non-hydrogen) atoms. The number of ether oxygens (including phenoxy) is 1. The van der Waals surface area contributed by atoms with Gasteiger partial charge in [-0.3, -0.25) is 9.59 Å². The predicted molar refractivity (Wildman–Crippen MR) is 135 cm³/mol. The molecule has 0 spiro atoms. The number of methoxy groups -OCH3 is 1. The molecule has 7 heteroatoms. The lowest BCUT2D eigenvalue weighted by molar-refractivity contribution is -0.126. The zero-order valence-corrected chi connectivity index (χ0v) is 20.7. The molecule has 3 aromatic rings. The summed E-state index contributed by atoms with van der Waals surface area (Å²) in [7, 11) is 1.63. The molecular formula is C27H31N3O3S. The fourth-order valence-corrected chi connectivity index (χ4v) is 5.49. The lowest BCUT2D eigenvalue weighted by atomic mass is 9.84. The Hall–Kier alpha value is -3.19. The third kappa shape index (κ3) is 5.30. The number of piperidine rings is 1. The number of amides is 2. The Morgan fingerprint density at radius 3 is 2.50 bits per heavy atom. The van der Waals surface area contributed by atoms with Crippen LogP contribution in [0.15, 0.2) is 54.6 Å². The van der Waals surface area contributed by atoms with Crippen molar-refractivity contribution in [3.8, 4) is 16.3 Å². The Morgan fingerprint density at radius 1 is 1.12 bits per heavy atom. The highest BCUT2D eigenvalue weighted by Gasteiger charge is 2.31. The van der Waals surface area contributed by atoms with Gasteiger partial charge in [0.05, 0.1) is 12.8 Å². The van der Waals surface area contributed by atoms with Crippen molar-refractivity contribution in [3.63, 3.8) is 0 Å². The lowest BCUT2D eigenvalue weighted by Gasteiger charge is -2.34. The smallest absolute Gasteiger partial charge is 0.265 e. The molecule has 1 aliphatic heterocycles. The van der Waals surface area contributed by atoms with E-state index in [2.05, 4.69) is 10.3 Å². The van der Waals surface area contributed by atoms with E-state index in [4.69, 9.17) is 4.74 Å². The van der Waals surface area contributed by atoms with Crippen molar-refractivity contribution in [1.29, 1.82) is 0 Å². The molecule has 1 aliphatic rings. The average molecular weight is 478 g/mol. The maximum atomic E-state index is 13.2. The minimum absolute atomic E-state index is 0.0430. The summed E-state index contributed by atoms with van der Waals surface area (Å²) in [5.41, 5.74) is 2.77. The van der Waals surface area contributed by atoms with Gasteiger partial charge in [-0.05, 0) is 31.7 Å². The van der Waals surface area contributed by atoms with E-state index in [-0.39, 0.29) is 23.7 Å². The number of likely N-dealkylation sites (tertiary alicyclic amines) is 1. The summed E-state index contributed by atoms with van der Waals surface area (Å²) in [5, 5.41) is 3.92. The van der Waals surface area contributed by atoms with Gasteiger partial charge in [-0.15, -0.1) is 11.3 Å². The average Bonchev–Trinajstić information content (AvgIpc) is 3.28. The first-order valence-corrected chi connectivity index (χ1v) is 12.5. The largest absolute Gasteiger partial charge is 0.496 e. The van der Waals surface area contributed by atoms with Gasteiger partial charge in [-0.2, -0.15) is 0 Å². The lowest BCUT2D eigenvalue weighted by Crippen LogP contribution is -2.42. The zero-order chi connectivity index (χ0) is 24.1. The van der Waals surface area contributed by atoms with Gasteiger partial charge < -0.3 is 15.0 Å². The summed E-state index contributed by atoms with van der Waals surface area (Å²) in [6.45, 7) is 5.65. The molecule has 6 nitrogen and oxygen atoms in total. The highest BCUT2D eigenvalue weighted by Crippen LogP contribution is 2.31. The van der Waals surface area contributed by atoms with Crippen LogP contribution in [0.1, 0.15) is 40.7 Å². The van der Waals surface area contributed by atoms with Gasteiger partial charge in [0.2, 0.25) is 5.91 Å². The first-order valence-electron chi connectivity index (χ1n) is 11.7. The third-order valence-electron chi connectivity index (χ3n) is 6.60. The molecular weight excluding hydrogens is 446 g/mol. The molecule has 2 amide bonds. The fraction of sp³-hybridized carbons (Fsp3) is 0.370. The highest BCUT2D eigenvalue weighted by molar-refractivity contribution is 7.17. The van der Waals surface area contributed by atoms with Gasteiger partial charge in [0.25, 0.3) is 5.91 Å².